The van der Waals surface area contributed by atoms with E-state index in [4.69, 9.17) is 16.3 Å². The van der Waals surface area contributed by atoms with Gasteiger partial charge in [0.1, 0.15) is 0 Å². The number of halogens is 1. The number of hydrogen-bond donors (Lipinski definition) is 1. The minimum atomic E-state index is 0.392. The molecule has 0 aromatic heterocycles. The van der Waals surface area contributed by atoms with Crippen molar-refractivity contribution in [3.8, 4) is 0 Å². The number of alkyl halides is 1. The predicted octanol–water partition coefficient (Wildman–Crippen LogP) is 1.63. The molecule has 1 N–H and O–H groups in total. The molecule has 0 aliphatic carbocycles. The average Bonchev–Trinajstić information content (AvgIpc) is 2.01. The first kappa shape index (κ1) is 11.2. The highest BCUT2D eigenvalue weighted by Crippen LogP contribution is 1.96. The van der Waals surface area contributed by atoms with E-state index in [0.717, 1.165) is 13.0 Å². The third kappa shape index (κ3) is 5.48. The monoisotopic (exact) mass is 179 g/mol. The topological polar surface area (TPSA) is 21.3 Å². The van der Waals surface area contributed by atoms with Crippen LogP contribution in [0.3, 0.4) is 0 Å². The van der Waals surface area contributed by atoms with Gasteiger partial charge in [-0.25, -0.2) is 0 Å². The molecular formula is C8H18ClNO. The number of nitrogens with one attached hydrogen (secondary N) is 1. The summed E-state index contributed by atoms with van der Waals surface area (Å²) in [7, 11) is 1.71. The number of ether oxygens (including phenoxy) is 1. The lowest BCUT2D eigenvalue weighted by molar-refractivity contribution is 0.167. The highest BCUT2D eigenvalue weighted by molar-refractivity contribution is 6.18. The van der Waals surface area contributed by atoms with Crippen LogP contribution < -0.4 is 5.32 Å². The maximum Gasteiger partial charge on any atom is 0.0613 e. The van der Waals surface area contributed by atoms with Crippen LogP contribution in [0, 0.1) is 0 Å². The Labute approximate surface area is 74.3 Å². The summed E-state index contributed by atoms with van der Waals surface area (Å²) in [5.41, 5.74) is 0. The largest absolute Gasteiger partial charge is 0.383 e. The molecule has 0 saturated carbocycles. The maximum atomic E-state index is 5.71. The zero-order valence-corrected chi connectivity index (χ0v) is 8.32. The molecule has 3 heteroatoms. The van der Waals surface area contributed by atoms with Gasteiger partial charge < -0.3 is 10.1 Å². The van der Waals surface area contributed by atoms with Crippen LogP contribution in [0.4, 0.5) is 0 Å². The Morgan fingerprint density at radius 3 is 2.55 bits per heavy atom. The number of rotatable bonds is 6. The first-order valence-electron chi connectivity index (χ1n) is 4.05. The molecule has 0 aromatic rings. The van der Waals surface area contributed by atoms with Crippen molar-refractivity contribution in [3.63, 3.8) is 0 Å². The minimum absolute atomic E-state index is 0.392. The van der Waals surface area contributed by atoms with Crippen molar-refractivity contribution in [3.05, 3.63) is 0 Å². The molecule has 0 bridgehead atoms. The summed E-state index contributed by atoms with van der Waals surface area (Å²) in [5.74, 6) is 0.671. The van der Waals surface area contributed by atoms with E-state index in [0.29, 0.717) is 18.0 Å². The van der Waals surface area contributed by atoms with Gasteiger partial charge in [-0.05, 0) is 13.3 Å². The van der Waals surface area contributed by atoms with Crippen molar-refractivity contribution in [2.24, 2.45) is 0 Å². The van der Waals surface area contributed by atoms with Crippen LogP contribution in [-0.2, 0) is 4.74 Å². The first-order valence-corrected chi connectivity index (χ1v) is 4.59. The van der Waals surface area contributed by atoms with E-state index in [9.17, 15) is 0 Å². The van der Waals surface area contributed by atoms with Crippen molar-refractivity contribution < 1.29 is 4.74 Å². The predicted molar refractivity (Wildman–Crippen MR) is 49.3 cm³/mol. The summed E-state index contributed by atoms with van der Waals surface area (Å²) in [5, 5.41) is 3.36. The molecule has 0 aliphatic rings. The molecule has 0 aromatic carbocycles. The van der Waals surface area contributed by atoms with E-state index >= 15 is 0 Å². The van der Waals surface area contributed by atoms with Crippen molar-refractivity contribution in [2.75, 3.05) is 19.6 Å². The normalized spacial score (nSPS) is 16.4. The van der Waals surface area contributed by atoms with E-state index in [1.165, 1.54) is 0 Å². The lowest BCUT2D eigenvalue weighted by atomic mass is 10.2. The Hall–Kier alpha value is 0.210. The van der Waals surface area contributed by atoms with Gasteiger partial charge in [0.2, 0.25) is 0 Å². The van der Waals surface area contributed by atoms with Crippen LogP contribution in [0.5, 0.6) is 0 Å². The van der Waals surface area contributed by atoms with Gasteiger partial charge in [-0.3, -0.25) is 0 Å². The second kappa shape index (κ2) is 6.89. The van der Waals surface area contributed by atoms with Crippen LogP contribution in [-0.4, -0.2) is 31.7 Å². The molecule has 0 radical (unpaired) electrons. The average molecular weight is 180 g/mol. The van der Waals surface area contributed by atoms with E-state index in [2.05, 4.69) is 19.2 Å². The van der Waals surface area contributed by atoms with Gasteiger partial charge in [0.25, 0.3) is 0 Å². The van der Waals surface area contributed by atoms with Crippen LogP contribution in [0.2, 0.25) is 0 Å². The first-order chi connectivity index (χ1) is 5.24. The number of hydrogen-bond acceptors (Lipinski definition) is 2. The highest BCUT2D eigenvalue weighted by Gasteiger charge is 2.07. The molecule has 68 valence electrons. The van der Waals surface area contributed by atoms with Crippen LogP contribution >= 0.6 is 11.6 Å². The summed E-state index contributed by atoms with van der Waals surface area (Å²) < 4.78 is 4.99. The molecule has 0 fully saturated rings. The smallest absolute Gasteiger partial charge is 0.0613 e. The SMILES string of the molecule is CCC(CCl)NC(C)COC. The van der Waals surface area contributed by atoms with Gasteiger partial charge in [0.05, 0.1) is 6.61 Å². The van der Waals surface area contributed by atoms with Gasteiger partial charge >= 0.3 is 0 Å². The second-order valence-corrected chi connectivity index (χ2v) is 3.09. The maximum absolute atomic E-state index is 5.71. The minimum Gasteiger partial charge on any atom is -0.383 e. The third-order valence-corrected chi connectivity index (χ3v) is 1.99. The summed E-state index contributed by atoms with van der Waals surface area (Å²) in [4.78, 5) is 0. The third-order valence-electron chi connectivity index (χ3n) is 1.62. The standard InChI is InChI=1S/C8H18ClNO/c1-4-8(5-9)10-7(2)6-11-3/h7-8,10H,4-6H2,1-3H3. The molecule has 11 heavy (non-hydrogen) atoms. The Balaban J connectivity index is 3.44. The van der Waals surface area contributed by atoms with E-state index in [-0.39, 0.29) is 0 Å². The van der Waals surface area contributed by atoms with Gasteiger partial charge in [-0.15, -0.1) is 11.6 Å². The van der Waals surface area contributed by atoms with Crippen LogP contribution in [0.15, 0.2) is 0 Å². The summed E-state index contributed by atoms with van der Waals surface area (Å²) in [6, 6.07) is 0.811. The molecule has 0 spiro atoms. The Morgan fingerprint density at radius 2 is 2.18 bits per heavy atom. The molecular weight excluding hydrogens is 162 g/mol. The summed E-state index contributed by atoms with van der Waals surface area (Å²) >= 11 is 5.71. The summed E-state index contributed by atoms with van der Waals surface area (Å²) in [6.45, 7) is 4.96. The van der Waals surface area contributed by atoms with E-state index < -0.39 is 0 Å². The Bertz CT molecular complexity index is 86.2. The molecule has 0 heterocycles. The van der Waals surface area contributed by atoms with Crippen LogP contribution in [0.1, 0.15) is 20.3 Å². The van der Waals surface area contributed by atoms with Crippen molar-refractivity contribution in [1.29, 1.82) is 0 Å². The van der Waals surface area contributed by atoms with Crippen molar-refractivity contribution in [2.45, 2.75) is 32.4 Å². The second-order valence-electron chi connectivity index (χ2n) is 2.78. The molecule has 2 nitrogen and oxygen atoms in total. The van der Waals surface area contributed by atoms with Crippen LogP contribution in [0.25, 0.3) is 0 Å². The molecule has 0 rings (SSSR count). The molecule has 0 aliphatic heterocycles. The summed E-state index contributed by atoms with van der Waals surface area (Å²) in [6.07, 6.45) is 1.07. The lowest BCUT2D eigenvalue weighted by Gasteiger charge is -2.19. The van der Waals surface area contributed by atoms with Crippen molar-refractivity contribution >= 4 is 11.6 Å². The highest BCUT2D eigenvalue weighted by atomic mass is 35.5. The fourth-order valence-electron chi connectivity index (χ4n) is 0.972. The Morgan fingerprint density at radius 1 is 1.55 bits per heavy atom. The van der Waals surface area contributed by atoms with Gasteiger partial charge in [-0.1, -0.05) is 6.92 Å². The van der Waals surface area contributed by atoms with Gasteiger partial charge in [0, 0.05) is 25.1 Å². The molecule has 0 amide bonds. The fourth-order valence-corrected chi connectivity index (χ4v) is 1.28. The zero-order valence-electron chi connectivity index (χ0n) is 7.56. The molecule has 2 unspecified atom stereocenters. The number of methoxy groups -OCH3 is 1. The lowest BCUT2D eigenvalue weighted by Crippen LogP contribution is -2.39. The molecule has 0 saturated heterocycles. The zero-order chi connectivity index (χ0) is 8.69. The van der Waals surface area contributed by atoms with E-state index in [1.54, 1.807) is 7.11 Å². The quantitative estimate of drug-likeness (QED) is 0.626. The van der Waals surface area contributed by atoms with Crippen molar-refractivity contribution in [1.82, 2.24) is 5.32 Å². The van der Waals surface area contributed by atoms with E-state index in [1.807, 2.05) is 0 Å². The van der Waals surface area contributed by atoms with Gasteiger partial charge in [-0.2, -0.15) is 0 Å². The van der Waals surface area contributed by atoms with Gasteiger partial charge in [0.15, 0.2) is 0 Å². The fraction of sp³-hybridized carbons (Fsp3) is 1.00. The molecule has 2 atom stereocenters. The Kier molecular flexibility index (Phi) is 7.02.